The van der Waals surface area contributed by atoms with Gasteiger partial charge < -0.3 is 26.3 Å². The van der Waals surface area contributed by atoms with Gasteiger partial charge in [-0.3, -0.25) is 0 Å². The molecule has 0 saturated heterocycles. The van der Waals surface area contributed by atoms with Crippen LogP contribution in [0.3, 0.4) is 0 Å². The molecule has 7 heteroatoms. The molecule has 0 spiro atoms. The number of hydrogen-bond donors (Lipinski definition) is 0. The average molecular weight is 441 g/mol. The maximum atomic E-state index is 9.58. The Labute approximate surface area is 112 Å². The molecule has 0 heterocycles. The molecule has 1 saturated carbocycles. The van der Waals surface area contributed by atoms with Crippen LogP contribution < -0.4 is 0 Å². The van der Waals surface area contributed by atoms with Crippen LogP contribution in [0.1, 0.15) is 25.7 Å². The summed E-state index contributed by atoms with van der Waals surface area (Å²) in [6.07, 6.45) is 14.0. The summed E-state index contributed by atoms with van der Waals surface area (Å²) in [5.74, 6) is 0. The van der Waals surface area contributed by atoms with Gasteiger partial charge in [0.15, 0.2) is 13.4 Å². The van der Waals surface area contributed by atoms with Crippen LogP contribution in [0, 0.1) is 39.0 Å². The van der Waals surface area contributed by atoms with Crippen LogP contribution in [0.2, 0.25) is 0 Å². The van der Waals surface area contributed by atoms with Crippen LogP contribution in [0.5, 0.6) is 0 Å². The van der Waals surface area contributed by atoms with Crippen LogP contribution in [0.15, 0.2) is 0 Å². The van der Waals surface area contributed by atoms with Gasteiger partial charge >= 0.3 is 21.1 Å². The smallest absolute Gasteiger partial charge is 0.385 e. The number of hydrogen-bond acceptors (Lipinski definition) is 0. The molecule has 0 nitrogen and oxygen atoms in total. The van der Waals surface area contributed by atoms with E-state index in [1.54, 1.807) is 0 Å². The SMILES string of the molecule is F[C-](F)F.F[C-](F)F.[CH]1[CH]CC[CH][CH]CC1.[Pt+2]. The zero-order valence-electron chi connectivity index (χ0n) is 8.72. The van der Waals surface area contributed by atoms with Gasteiger partial charge in [-0.2, -0.15) is 0 Å². The van der Waals surface area contributed by atoms with E-state index < -0.39 is 13.4 Å². The zero-order chi connectivity index (χ0) is 12.8. The Morgan fingerprint density at radius 3 is 0.765 bits per heavy atom. The van der Waals surface area contributed by atoms with Gasteiger partial charge in [0.1, 0.15) is 0 Å². The van der Waals surface area contributed by atoms with Crippen molar-refractivity contribution in [2.75, 3.05) is 0 Å². The Balaban J connectivity index is -0.000000189. The Morgan fingerprint density at radius 2 is 0.647 bits per heavy atom. The Morgan fingerprint density at radius 1 is 0.529 bits per heavy atom. The first kappa shape index (κ1) is 22.4. The summed E-state index contributed by atoms with van der Waals surface area (Å²) in [6, 6.07) is 0. The van der Waals surface area contributed by atoms with Gasteiger partial charge in [-0.1, -0.05) is 0 Å². The zero-order valence-corrected chi connectivity index (χ0v) is 11.0. The molecular weight excluding hydrogens is 429 g/mol. The van der Waals surface area contributed by atoms with E-state index in [1.165, 1.54) is 25.7 Å². The fourth-order valence-corrected chi connectivity index (χ4v) is 0.856. The van der Waals surface area contributed by atoms with Crippen molar-refractivity contribution >= 4 is 0 Å². The van der Waals surface area contributed by atoms with Crippen LogP contribution in [-0.4, -0.2) is 0 Å². The molecule has 0 aliphatic heterocycles. The van der Waals surface area contributed by atoms with Crippen molar-refractivity contribution in [1.29, 1.82) is 0 Å². The van der Waals surface area contributed by atoms with Crippen molar-refractivity contribution in [3.8, 4) is 0 Å². The van der Waals surface area contributed by atoms with E-state index in [4.69, 9.17) is 0 Å². The van der Waals surface area contributed by atoms with Crippen molar-refractivity contribution in [2.24, 2.45) is 0 Å². The molecule has 1 fully saturated rings. The van der Waals surface area contributed by atoms with Gasteiger partial charge in [0, 0.05) is 0 Å². The Hall–Kier alpha value is 0.268. The topological polar surface area (TPSA) is 0 Å². The molecule has 0 aromatic heterocycles. The van der Waals surface area contributed by atoms with E-state index in [1.807, 2.05) is 0 Å². The maximum absolute atomic E-state index is 9.58. The third kappa shape index (κ3) is 48.4. The van der Waals surface area contributed by atoms with Crippen molar-refractivity contribution in [2.45, 2.75) is 25.7 Å². The first-order chi connectivity index (χ1) is 7.46. The molecule has 4 radical (unpaired) electrons. The van der Waals surface area contributed by atoms with E-state index in [0.29, 0.717) is 0 Å². The fourth-order valence-electron chi connectivity index (χ4n) is 0.856. The molecule has 1 aliphatic carbocycles. The number of halogens is 6. The fraction of sp³-hybridized carbons (Fsp3) is 0.400. The third-order valence-corrected chi connectivity index (χ3v) is 1.33. The van der Waals surface area contributed by atoms with E-state index in [2.05, 4.69) is 25.7 Å². The molecule has 0 atom stereocenters. The van der Waals surface area contributed by atoms with Crippen LogP contribution in [-0.2, 0) is 21.1 Å². The average Bonchev–Trinajstić information content (AvgIpc) is 1.98. The first-order valence-electron chi connectivity index (χ1n) is 4.43. The van der Waals surface area contributed by atoms with Gasteiger partial charge in [0.25, 0.3) is 0 Å². The summed E-state index contributed by atoms with van der Waals surface area (Å²) in [5.41, 5.74) is 0. The van der Waals surface area contributed by atoms with E-state index in [9.17, 15) is 26.3 Å². The third-order valence-electron chi connectivity index (χ3n) is 1.33. The summed E-state index contributed by atoms with van der Waals surface area (Å²) >= 11 is 0. The summed E-state index contributed by atoms with van der Waals surface area (Å²) in [5, 5.41) is 0. The molecule has 0 bridgehead atoms. The second-order valence-corrected chi connectivity index (χ2v) is 2.53. The molecule has 104 valence electrons. The Kier molecular flexibility index (Phi) is 24.6. The predicted molar refractivity (Wildman–Crippen MR) is 48.8 cm³/mol. The summed E-state index contributed by atoms with van der Waals surface area (Å²) in [6.45, 7) is -6.17. The van der Waals surface area contributed by atoms with E-state index >= 15 is 0 Å². The predicted octanol–water partition coefficient (Wildman–Crippen LogP) is 5.06. The number of rotatable bonds is 0. The van der Waals surface area contributed by atoms with Gasteiger partial charge in [0.05, 0.1) is 0 Å². The molecule has 1 rings (SSSR count). The standard InChI is InChI=1S/C8H12.2CF3.Pt/c1-2-4-6-8-7-5-3-1;2*2-1(3)4;/h1-2,7-8H,3-6H2;;;/q;2*-1;+2. The van der Waals surface area contributed by atoms with Gasteiger partial charge in [0.2, 0.25) is 0 Å². The van der Waals surface area contributed by atoms with Crippen molar-refractivity contribution in [3.63, 3.8) is 0 Å². The van der Waals surface area contributed by atoms with Gasteiger partial charge in [-0.05, 0) is 51.4 Å². The minimum Gasteiger partial charge on any atom is -0.385 e. The summed E-state index contributed by atoms with van der Waals surface area (Å²) in [7, 11) is 0. The van der Waals surface area contributed by atoms with E-state index in [0.717, 1.165) is 0 Å². The second-order valence-electron chi connectivity index (χ2n) is 2.53. The minimum absolute atomic E-state index is 0. The summed E-state index contributed by atoms with van der Waals surface area (Å²) < 4.78 is 57.5. The molecule has 1 aliphatic rings. The second kappa shape index (κ2) is 18.6. The van der Waals surface area contributed by atoms with Gasteiger partial charge in [-0.25, -0.2) is 0 Å². The molecule has 0 amide bonds. The van der Waals surface area contributed by atoms with Crippen molar-refractivity contribution < 1.29 is 47.4 Å². The Bertz CT molecular complexity index is 87.9. The summed E-state index contributed by atoms with van der Waals surface area (Å²) in [4.78, 5) is 0. The van der Waals surface area contributed by atoms with Crippen molar-refractivity contribution in [1.82, 2.24) is 0 Å². The van der Waals surface area contributed by atoms with Crippen molar-refractivity contribution in [3.05, 3.63) is 39.0 Å². The molecule has 0 aromatic carbocycles. The molecule has 17 heavy (non-hydrogen) atoms. The first-order valence-corrected chi connectivity index (χ1v) is 4.43. The quantitative estimate of drug-likeness (QED) is 0.364. The molecular formula is C10H12F6Pt. The van der Waals surface area contributed by atoms with Crippen LogP contribution in [0.4, 0.5) is 26.3 Å². The van der Waals surface area contributed by atoms with Crippen LogP contribution >= 0.6 is 0 Å². The largest absolute Gasteiger partial charge is 2.00 e. The molecule has 0 unspecified atom stereocenters. The van der Waals surface area contributed by atoms with Crippen LogP contribution in [0.25, 0.3) is 0 Å². The minimum atomic E-state index is -3.08. The molecule has 0 aromatic rings. The maximum Gasteiger partial charge on any atom is 2.00 e. The monoisotopic (exact) mass is 441 g/mol. The normalized spacial score (nSPS) is 15.5. The molecule has 0 N–H and O–H groups in total. The van der Waals surface area contributed by atoms with E-state index in [-0.39, 0.29) is 21.1 Å². The van der Waals surface area contributed by atoms with Gasteiger partial charge in [-0.15, -0.1) is 0 Å².